The van der Waals surface area contributed by atoms with Gasteiger partial charge in [-0.2, -0.15) is 0 Å². The zero-order valence-corrected chi connectivity index (χ0v) is 13.4. The number of carbonyl (C=O) groups excluding carboxylic acids is 1. The average molecular weight is 310 g/mol. The quantitative estimate of drug-likeness (QED) is 0.928. The lowest BCUT2D eigenvalue weighted by Crippen LogP contribution is -2.47. The molecule has 0 bridgehead atoms. The number of nitrogens with zero attached hydrogens (tertiary/aromatic N) is 2. The lowest BCUT2D eigenvalue weighted by atomic mass is 10.0. The number of hydrogen-bond donors (Lipinski definition) is 1. The van der Waals surface area contributed by atoms with Crippen LogP contribution in [0.25, 0.3) is 0 Å². The van der Waals surface area contributed by atoms with Gasteiger partial charge in [0.2, 0.25) is 0 Å². The summed E-state index contributed by atoms with van der Waals surface area (Å²) in [4.78, 5) is 15.0. The Hall–Kier alpha value is -1.00. The second kappa shape index (κ2) is 6.41. The number of amides is 1. The number of aromatic nitrogens is 1. The Morgan fingerprint density at radius 3 is 3.00 bits per heavy atom. The van der Waals surface area contributed by atoms with E-state index >= 15 is 0 Å². The van der Waals surface area contributed by atoms with Gasteiger partial charge in [0.15, 0.2) is 0 Å². The molecule has 1 aromatic heterocycles. The number of hydrogen-bond acceptors (Lipinski definition) is 2. The summed E-state index contributed by atoms with van der Waals surface area (Å²) in [6.45, 7) is 4.91. The highest BCUT2D eigenvalue weighted by Gasteiger charge is 2.37. The molecule has 3 rings (SSSR count). The standard InChI is InChI=1S/C16H24ClN3O/c1-2-8-19-11-12(17)10-15(19)16(21)20-9-4-6-14(20)13-5-3-7-18-13/h10-11,13-14,18H,2-9H2,1H3. The smallest absolute Gasteiger partial charge is 0.270 e. The summed E-state index contributed by atoms with van der Waals surface area (Å²) in [5.41, 5.74) is 0.742. The van der Waals surface area contributed by atoms with E-state index in [1.807, 2.05) is 16.8 Å². The van der Waals surface area contributed by atoms with Gasteiger partial charge >= 0.3 is 0 Å². The third-order valence-corrected chi connectivity index (χ3v) is 4.88. The Kier molecular flexibility index (Phi) is 4.55. The van der Waals surface area contributed by atoms with Crippen LogP contribution in [0.3, 0.4) is 0 Å². The molecular formula is C16H24ClN3O. The van der Waals surface area contributed by atoms with Gasteiger partial charge in [0, 0.05) is 31.4 Å². The van der Waals surface area contributed by atoms with Gasteiger partial charge in [-0.25, -0.2) is 0 Å². The van der Waals surface area contributed by atoms with Crippen molar-refractivity contribution in [3.05, 3.63) is 23.0 Å². The molecule has 3 heterocycles. The third-order valence-electron chi connectivity index (χ3n) is 4.67. The van der Waals surface area contributed by atoms with Crippen molar-refractivity contribution in [1.29, 1.82) is 0 Å². The Morgan fingerprint density at radius 2 is 2.29 bits per heavy atom. The van der Waals surface area contributed by atoms with Crippen molar-refractivity contribution in [1.82, 2.24) is 14.8 Å². The van der Waals surface area contributed by atoms with Crippen LogP contribution < -0.4 is 5.32 Å². The molecule has 0 aliphatic carbocycles. The van der Waals surface area contributed by atoms with E-state index in [0.717, 1.165) is 44.6 Å². The number of carbonyl (C=O) groups is 1. The molecule has 0 saturated carbocycles. The summed E-state index contributed by atoms with van der Waals surface area (Å²) in [6, 6.07) is 2.64. The van der Waals surface area contributed by atoms with Crippen molar-refractivity contribution in [2.45, 2.75) is 57.7 Å². The molecule has 2 unspecified atom stereocenters. The summed E-state index contributed by atoms with van der Waals surface area (Å²) in [6.07, 6.45) is 7.50. The zero-order chi connectivity index (χ0) is 14.8. The molecule has 2 atom stereocenters. The van der Waals surface area contributed by atoms with E-state index in [4.69, 9.17) is 11.6 Å². The Labute approximate surface area is 131 Å². The maximum absolute atomic E-state index is 12.9. The SMILES string of the molecule is CCCn1cc(Cl)cc1C(=O)N1CCCC1C1CCCN1. The van der Waals surface area contributed by atoms with Crippen molar-refractivity contribution >= 4 is 17.5 Å². The van der Waals surface area contributed by atoms with Crippen LogP contribution in [-0.2, 0) is 6.54 Å². The first-order valence-electron chi connectivity index (χ1n) is 8.10. The second-order valence-corrected chi connectivity index (χ2v) is 6.58. The molecule has 21 heavy (non-hydrogen) atoms. The fourth-order valence-corrected chi connectivity index (χ4v) is 3.95. The molecule has 1 amide bonds. The summed E-state index contributed by atoms with van der Waals surface area (Å²) >= 11 is 6.11. The molecule has 0 spiro atoms. The molecule has 1 N–H and O–H groups in total. The van der Waals surface area contributed by atoms with Crippen molar-refractivity contribution < 1.29 is 4.79 Å². The number of rotatable bonds is 4. The Bertz CT molecular complexity index is 508. The van der Waals surface area contributed by atoms with Gasteiger partial charge in [-0.3, -0.25) is 4.79 Å². The van der Waals surface area contributed by atoms with Gasteiger partial charge in [-0.05, 0) is 44.7 Å². The van der Waals surface area contributed by atoms with Crippen LogP contribution in [0, 0.1) is 0 Å². The predicted molar refractivity (Wildman–Crippen MR) is 84.8 cm³/mol. The highest BCUT2D eigenvalue weighted by molar-refractivity contribution is 6.31. The van der Waals surface area contributed by atoms with Gasteiger partial charge in [-0.1, -0.05) is 18.5 Å². The van der Waals surface area contributed by atoms with Crippen LogP contribution in [0.15, 0.2) is 12.3 Å². The number of nitrogens with one attached hydrogen (secondary N) is 1. The summed E-state index contributed by atoms with van der Waals surface area (Å²) < 4.78 is 2.00. The maximum atomic E-state index is 12.9. The van der Waals surface area contributed by atoms with Gasteiger partial charge in [0.25, 0.3) is 5.91 Å². The maximum Gasteiger partial charge on any atom is 0.270 e. The number of halogens is 1. The molecule has 2 aliphatic heterocycles. The molecule has 0 radical (unpaired) electrons. The largest absolute Gasteiger partial charge is 0.342 e. The number of aryl methyl sites for hydroxylation is 1. The van der Waals surface area contributed by atoms with E-state index in [1.54, 1.807) is 0 Å². The lowest BCUT2D eigenvalue weighted by molar-refractivity contribution is 0.0700. The molecule has 2 fully saturated rings. The van der Waals surface area contributed by atoms with Crippen molar-refractivity contribution in [3.63, 3.8) is 0 Å². The Balaban J connectivity index is 1.80. The molecule has 0 aromatic carbocycles. The first kappa shape index (κ1) is 14.9. The second-order valence-electron chi connectivity index (χ2n) is 6.15. The van der Waals surface area contributed by atoms with Crippen LogP contribution in [0.1, 0.15) is 49.5 Å². The first-order valence-corrected chi connectivity index (χ1v) is 8.48. The van der Waals surface area contributed by atoms with Crippen LogP contribution in [0.5, 0.6) is 0 Å². The van der Waals surface area contributed by atoms with Crippen LogP contribution in [0.4, 0.5) is 0 Å². The van der Waals surface area contributed by atoms with E-state index in [-0.39, 0.29) is 5.91 Å². The van der Waals surface area contributed by atoms with Gasteiger partial charge in [-0.15, -0.1) is 0 Å². The number of likely N-dealkylation sites (tertiary alicyclic amines) is 1. The lowest BCUT2D eigenvalue weighted by Gasteiger charge is -2.29. The minimum absolute atomic E-state index is 0.145. The van der Waals surface area contributed by atoms with E-state index in [9.17, 15) is 4.79 Å². The molecular weight excluding hydrogens is 286 g/mol. The molecule has 4 nitrogen and oxygen atoms in total. The summed E-state index contributed by atoms with van der Waals surface area (Å²) in [5, 5.41) is 4.21. The van der Waals surface area contributed by atoms with E-state index in [0.29, 0.717) is 17.1 Å². The van der Waals surface area contributed by atoms with E-state index < -0.39 is 0 Å². The first-order chi connectivity index (χ1) is 10.2. The predicted octanol–water partition coefficient (Wildman–Crippen LogP) is 2.91. The molecule has 2 aliphatic rings. The van der Waals surface area contributed by atoms with Gasteiger partial charge in [0.05, 0.1) is 5.02 Å². The van der Waals surface area contributed by atoms with E-state index in [1.165, 1.54) is 12.8 Å². The highest BCUT2D eigenvalue weighted by atomic mass is 35.5. The van der Waals surface area contributed by atoms with Gasteiger partial charge < -0.3 is 14.8 Å². The highest BCUT2D eigenvalue weighted by Crippen LogP contribution is 2.27. The fraction of sp³-hybridized carbons (Fsp3) is 0.688. The summed E-state index contributed by atoms with van der Waals surface area (Å²) in [7, 11) is 0. The van der Waals surface area contributed by atoms with E-state index in [2.05, 4.69) is 17.1 Å². The van der Waals surface area contributed by atoms with Crippen molar-refractivity contribution in [2.75, 3.05) is 13.1 Å². The van der Waals surface area contributed by atoms with Crippen LogP contribution in [0.2, 0.25) is 5.02 Å². The molecule has 116 valence electrons. The van der Waals surface area contributed by atoms with Gasteiger partial charge in [0.1, 0.15) is 5.69 Å². The molecule has 5 heteroatoms. The minimum atomic E-state index is 0.145. The minimum Gasteiger partial charge on any atom is -0.342 e. The fourth-order valence-electron chi connectivity index (χ4n) is 3.73. The normalized spacial score (nSPS) is 25.7. The summed E-state index contributed by atoms with van der Waals surface area (Å²) in [5.74, 6) is 0.145. The molecule has 2 saturated heterocycles. The average Bonchev–Trinajstić information content (AvgIpc) is 3.17. The third kappa shape index (κ3) is 2.97. The van der Waals surface area contributed by atoms with Crippen molar-refractivity contribution in [2.24, 2.45) is 0 Å². The van der Waals surface area contributed by atoms with Crippen molar-refractivity contribution in [3.8, 4) is 0 Å². The molecule has 1 aromatic rings. The monoisotopic (exact) mass is 309 g/mol. The zero-order valence-electron chi connectivity index (χ0n) is 12.6. The van der Waals surface area contributed by atoms with Crippen LogP contribution in [-0.4, -0.2) is 40.5 Å². The topological polar surface area (TPSA) is 37.3 Å². The van der Waals surface area contributed by atoms with Crippen LogP contribution >= 0.6 is 11.6 Å². The Morgan fingerprint density at radius 1 is 1.43 bits per heavy atom.